The van der Waals surface area contributed by atoms with E-state index in [1.54, 1.807) is 62.4 Å². The van der Waals surface area contributed by atoms with Crippen LogP contribution in [-0.4, -0.2) is 54.3 Å². The summed E-state index contributed by atoms with van der Waals surface area (Å²) in [5.41, 5.74) is 5.34. The van der Waals surface area contributed by atoms with Crippen molar-refractivity contribution in [2.24, 2.45) is 10.3 Å². The van der Waals surface area contributed by atoms with Gasteiger partial charge in [-0.25, -0.2) is 9.59 Å². The molecular formula is C41H41N3O9. The van der Waals surface area contributed by atoms with Crippen molar-refractivity contribution >= 4 is 58.1 Å². The molecule has 12 nitrogen and oxygen atoms in total. The Morgan fingerprint density at radius 1 is 0.491 bits per heavy atom. The van der Waals surface area contributed by atoms with E-state index in [2.05, 4.69) is 10.3 Å². The third-order valence-electron chi connectivity index (χ3n) is 7.65. The minimum Gasteiger partial charge on any atom is -0.466 e. The minimum atomic E-state index is -0.596. The first-order valence-electron chi connectivity index (χ1n) is 17.1. The van der Waals surface area contributed by atoms with Crippen LogP contribution in [0.15, 0.2) is 113 Å². The molecule has 0 radical (unpaired) electrons. The molecule has 0 saturated heterocycles. The third kappa shape index (κ3) is 11.8. The summed E-state index contributed by atoms with van der Waals surface area (Å²) in [6.45, 7) is 6.42. The fraction of sp³-hybridized carbons (Fsp3) is 0.244. The van der Waals surface area contributed by atoms with Crippen LogP contribution < -0.4 is 4.90 Å². The standard InChI is InChI=1S/C41H41N3O9/c1-5-50-39(47)26-24-37(42-52-28(3)45)30-12-18-34(19-13-30)44(36-22-16-33(17-23-36)41(49)32-10-8-7-9-11-32)35-20-14-31(15-21-35)38(43-53-29(4)46)25-27-40(48)51-6-2/h7-23H,5-6,24-27H2,1-4H3/b42-37+,43-38+. The van der Waals surface area contributed by atoms with Crippen molar-refractivity contribution in [1.29, 1.82) is 0 Å². The van der Waals surface area contributed by atoms with Gasteiger partial charge in [-0.15, -0.1) is 0 Å². The van der Waals surface area contributed by atoms with E-state index in [4.69, 9.17) is 19.1 Å². The molecule has 0 amide bonds. The van der Waals surface area contributed by atoms with Crippen LogP contribution in [0.3, 0.4) is 0 Å². The Morgan fingerprint density at radius 3 is 1.21 bits per heavy atom. The van der Waals surface area contributed by atoms with E-state index in [1.807, 2.05) is 59.5 Å². The first-order valence-corrected chi connectivity index (χ1v) is 17.1. The second kappa shape index (κ2) is 19.8. The van der Waals surface area contributed by atoms with Gasteiger partial charge in [-0.1, -0.05) is 64.9 Å². The molecule has 0 spiro atoms. The number of oxime groups is 2. The maximum Gasteiger partial charge on any atom is 0.331 e. The lowest BCUT2D eigenvalue weighted by Gasteiger charge is -2.26. The molecule has 4 rings (SSSR count). The molecule has 0 aliphatic rings. The van der Waals surface area contributed by atoms with Crippen LogP contribution in [0.2, 0.25) is 0 Å². The SMILES string of the molecule is CCOC(=O)CC/C(=N\OC(C)=O)c1ccc(N(c2ccc(C(=O)c3ccccc3)cc2)c2ccc(/C(CCC(=O)OCC)=N/OC(C)=O)cc2)cc1. The Labute approximate surface area is 308 Å². The molecule has 0 atom stereocenters. The normalized spacial score (nSPS) is 11.3. The number of hydrogen-bond acceptors (Lipinski definition) is 12. The van der Waals surface area contributed by atoms with Gasteiger partial charge in [0.15, 0.2) is 5.78 Å². The fourth-order valence-corrected chi connectivity index (χ4v) is 5.20. The van der Waals surface area contributed by atoms with E-state index < -0.39 is 23.9 Å². The molecule has 0 aliphatic heterocycles. The largest absolute Gasteiger partial charge is 0.466 e. The Bertz CT molecular complexity index is 1840. The van der Waals surface area contributed by atoms with E-state index in [0.29, 0.717) is 33.7 Å². The first kappa shape index (κ1) is 39.4. The number of ether oxygens (including phenoxy) is 2. The summed E-state index contributed by atoms with van der Waals surface area (Å²) in [6.07, 6.45) is 0.456. The number of ketones is 1. The van der Waals surface area contributed by atoms with Crippen LogP contribution in [0.1, 0.15) is 80.4 Å². The molecule has 4 aromatic carbocycles. The lowest BCUT2D eigenvalue weighted by molar-refractivity contribution is -0.143. The molecule has 0 heterocycles. The second-order valence-electron chi connectivity index (χ2n) is 11.5. The van der Waals surface area contributed by atoms with Gasteiger partial charge in [0.1, 0.15) is 0 Å². The molecule has 4 aromatic rings. The molecule has 0 aromatic heterocycles. The van der Waals surface area contributed by atoms with Crippen molar-refractivity contribution in [2.45, 2.75) is 53.4 Å². The smallest absolute Gasteiger partial charge is 0.331 e. The van der Waals surface area contributed by atoms with Gasteiger partial charge in [0, 0.05) is 54.9 Å². The zero-order chi connectivity index (χ0) is 38.2. The molecule has 0 aliphatic carbocycles. The Morgan fingerprint density at radius 2 is 0.849 bits per heavy atom. The second-order valence-corrected chi connectivity index (χ2v) is 11.5. The Balaban J connectivity index is 1.72. The molecule has 0 unspecified atom stereocenters. The van der Waals surface area contributed by atoms with Crippen LogP contribution in [-0.2, 0) is 38.3 Å². The summed E-state index contributed by atoms with van der Waals surface area (Å²) in [5, 5.41) is 8.00. The number of anilines is 3. The number of hydrogen-bond donors (Lipinski definition) is 0. The predicted molar refractivity (Wildman–Crippen MR) is 199 cm³/mol. The zero-order valence-electron chi connectivity index (χ0n) is 30.1. The molecule has 274 valence electrons. The molecule has 53 heavy (non-hydrogen) atoms. The fourth-order valence-electron chi connectivity index (χ4n) is 5.20. The summed E-state index contributed by atoms with van der Waals surface area (Å²) >= 11 is 0. The third-order valence-corrected chi connectivity index (χ3v) is 7.65. The van der Waals surface area contributed by atoms with Gasteiger partial charge in [-0.3, -0.25) is 14.4 Å². The van der Waals surface area contributed by atoms with E-state index in [-0.39, 0.29) is 44.7 Å². The van der Waals surface area contributed by atoms with Crippen molar-refractivity contribution in [3.63, 3.8) is 0 Å². The van der Waals surface area contributed by atoms with Crippen molar-refractivity contribution in [3.8, 4) is 0 Å². The van der Waals surface area contributed by atoms with Gasteiger partial charge >= 0.3 is 23.9 Å². The highest BCUT2D eigenvalue weighted by atomic mass is 16.7. The lowest BCUT2D eigenvalue weighted by atomic mass is 10.0. The number of esters is 2. The van der Waals surface area contributed by atoms with Crippen LogP contribution in [0.25, 0.3) is 0 Å². The number of nitrogens with zero attached hydrogens (tertiary/aromatic N) is 3. The van der Waals surface area contributed by atoms with Gasteiger partial charge in [0.2, 0.25) is 0 Å². The summed E-state index contributed by atoms with van der Waals surface area (Å²) in [4.78, 5) is 72.3. The van der Waals surface area contributed by atoms with Gasteiger partial charge in [-0.05, 0) is 73.5 Å². The van der Waals surface area contributed by atoms with Crippen molar-refractivity contribution in [1.82, 2.24) is 0 Å². The van der Waals surface area contributed by atoms with Gasteiger partial charge < -0.3 is 24.0 Å². The Kier molecular flexibility index (Phi) is 14.7. The average Bonchev–Trinajstić information content (AvgIpc) is 3.16. The number of benzene rings is 4. The van der Waals surface area contributed by atoms with Crippen LogP contribution in [0.4, 0.5) is 17.1 Å². The molecule has 0 saturated carbocycles. The number of carbonyl (C=O) groups is 5. The monoisotopic (exact) mass is 719 g/mol. The highest BCUT2D eigenvalue weighted by Gasteiger charge is 2.18. The van der Waals surface area contributed by atoms with Gasteiger partial charge in [-0.2, -0.15) is 0 Å². The van der Waals surface area contributed by atoms with Crippen molar-refractivity contribution in [2.75, 3.05) is 18.1 Å². The van der Waals surface area contributed by atoms with Crippen LogP contribution in [0.5, 0.6) is 0 Å². The molecule has 12 heteroatoms. The maximum atomic E-state index is 13.2. The molecular weight excluding hydrogens is 678 g/mol. The van der Waals surface area contributed by atoms with Crippen molar-refractivity contribution in [3.05, 3.63) is 125 Å². The zero-order valence-corrected chi connectivity index (χ0v) is 30.1. The highest BCUT2D eigenvalue weighted by molar-refractivity contribution is 6.09. The van der Waals surface area contributed by atoms with Gasteiger partial charge in [0.25, 0.3) is 0 Å². The van der Waals surface area contributed by atoms with Gasteiger partial charge in [0.05, 0.1) is 37.5 Å². The quantitative estimate of drug-likeness (QED) is 0.0351. The first-order chi connectivity index (χ1) is 25.6. The molecule has 0 fully saturated rings. The minimum absolute atomic E-state index is 0.0464. The van der Waals surface area contributed by atoms with E-state index in [9.17, 15) is 24.0 Å². The number of rotatable bonds is 17. The summed E-state index contributed by atoms with van der Waals surface area (Å²) in [7, 11) is 0. The van der Waals surface area contributed by atoms with E-state index in [0.717, 1.165) is 17.1 Å². The topological polar surface area (TPSA) is 150 Å². The number of carbonyl (C=O) groups excluding carboxylic acids is 5. The molecule has 0 bridgehead atoms. The average molecular weight is 720 g/mol. The van der Waals surface area contributed by atoms with Crippen LogP contribution >= 0.6 is 0 Å². The predicted octanol–water partition coefficient (Wildman–Crippen LogP) is 7.61. The summed E-state index contributed by atoms with van der Waals surface area (Å²) in [5.74, 6) is -2.10. The molecule has 0 N–H and O–H groups in total. The van der Waals surface area contributed by atoms with Crippen molar-refractivity contribution < 1.29 is 43.1 Å². The summed E-state index contributed by atoms with van der Waals surface area (Å²) < 4.78 is 10.1. The highest BCUT2D eigenvalue weighted by Crippen LogP contribution is 2.35. The lowest BCUT2D eigenvalue weighted by Crippen LogP contribution is -2.13. The van der Waals surface area contributed by atoms with E-state index >= 15 is 0 Å². The van der Waals surface area contributed by atoms with Crippen LogP contribution in [0, 0.1) is 0 Å². The van der Waals surface area contributed by atoms with E-state index in [1.165, 1.54) is 13.8 Å². The summed E-state index contributed by atoms with van der Waals surface area (Å²) in [6, 6.07) is 30.9. The maximum absolute atomic E-state index is 13.2. The Hall–Kier alpha value is -6.43.